The van der Waals surface area contributed by atoms with E-state index in [1.165, 1.54) is 6.92 Å². The van der Waals surface area contributed by atoms with Crippen molar-refractivity contribution in [2.24, 2.45) is 5.11 Å². The van der Waals surface area contributed by atoms with Gasteiger partial charge in [0.1, 0.15) is 18.8 Å². The molecule has 0 spiro atoms. The molecule has 152 valence electrons. The van der Waals surface area contributed by atoms with Crippen LogP contribution in [0.4, 0.5) is 0 Å². The Balaban J connectivity index is 3.31. The lowest BCUT2D eigenvalue weighted by molar-refractivity contribution is -0.293. The molecule has 11 nitrogen and oxygen atoms in total. The lowest BCUT2D eigenvalue weighted by atomic mass is 9.96. The molecule has 0 aliphatic carbocycles. The summed E-state index contributed by atoms with van der Waals surface area (Å²) < 4.78 is 27.0. The highest BCUT2D eigenvalue weighted by Crippen LogP contribution is 2.31. The Morgan fingerprint density at radius 3 is 2.04 bits per heavy atom. The Morgan fingerprint density at radius 1 is 1.04 bits per heavy atom. The van der Waals surface area contributed by atoms with Crippen LogP contribution in [0.5, 0.6) is 0 Å². The SMILES string of the molecule is CC(=O)OC[C@H]1O[C@H](OC(C)(C)C)[C@H](N=[N+]=[N-])[C@@H](OC(C)=O)[C@H]1OC(C)=O. The summed E-state index contributed by atoms with van der Waals surface area (Å²) in [7, 11) is 0. The molecule has 0 aromatic rings. The first-order valence-corrected chi connectivity index (χ1v) is 8.30. The maximum atomic E-state index is 11.6. The standard InChI is InChI=1S/C16H25N3O8/c1-8(20)23-7-11-13(24-9(2)21)14(25-10(3)22)12(18-19-17)15(26-11)27-16(4,5)6/h11-15H,7H2,1-6H3/t11-,12-,13+,14-,15-/m1/s1. The van der Waals surface area contributed by atoms with Crippen molar-refractivity contribution in [3.8, 4) is 0 Å². The molecule has 0 unspecified atom stereocenters. The van der Waals surface area contributed by atoms with Gasteiger partial charge in [-0.3, -0.25) is 14.4 Å². The van der Waals surface area contributed by atoms with Crippen LogP contribution in [0.1, 0.15) is 41.5 Å². The van der Waals surface area contributed by atoms with Gasteiger partial charge in [-0.15, -0.1) is 0 Å². The predicted molar refractivity (Wildman–Crippen MR) is 90.2 cm³/mol. The second-order valence-electron chi connectivity index (χ2n) is 6.92. The van der Waals surface area contributed by atoms with Crippen LogP contribution in [0.2, 0.25) is 0 Å². The molecule has 1 aliphatic rings. The maximum Gasteiger partial charge on any atom is 0.303 e. The number of ether oxygens (including phenoxy) is 5. The van der Waals surface area contributed by atoms with Crippen LogP contribution in [0.3, 0.4) is 0 Å². The van der Waals surface area contributed by atoms with Gasteiger partial charge in [-0.05, 0) is 26.3 Å². The average molecular weight is 387 g/mol. The van der Waals surface area contributed by atoms with E-state index >= 15 is 0 Å². The topological polar surface area (TPSA) is 146 Å². The van der Waals surface area contributed by atoms with E-state index < -0.39 is 54.2 Å². The van der Waals surface area contributed by atoms with Crippen molar-refractivity contribution in [2.45, 2.75) is 77.8 Å². The van der Waals surface area contributed by atoms with Crippen molar-refractivity contribution < 1.29 is 38.1 Å². The first-order valence-electron chi connectivity index (χ1n) is 8.30. The fraction of sp³-hybridized carbons (Fsp3) is 0.812. The highest BCUT2D eigenvalue weighted by Gasteiger charge is 2.51. The van der Waals surface area contributed by atoms with E-state index in [2.05, 4.69) is 10.0 Å². The number of carbonyl (C=O) groups is 3. The van der Waals surface area contributed by atoms with Crippen LogP contribution in [-0.2, 0) is 38.1 Å². The molecular weight excluding hydrogens is 362 g/mol. The van der Waals surface area contributed by atoms with Gasteiger partial charge < -0.3 is 23.7 Å². The van der Waals surface area contributed by atoms with Crippen LogP contribution >= 0.6 is 0 Å². The molecule has 27 heavy (non-hydrogen) atoms. The van der Waals surface area contributed by atoms with E-state index in [1.807, 2.05) is 0 Å². The zero-order valence-corrected chi connectivity index (χ0v) is 16.2. The zero-order chi connectivity index (χ0) is 20.8. The molecule has 1 rings (SSSR count). The summed E-state index contributed by atoms with van der Waals surface area (Å²) in [5.41, 5.74) is 8.23. The molecule has 0 aromatic carbocycles. The maximum absolute atomic E-state index is 11.6. The van der Waals surface area contributed by atoms with E-state index in [1.54, 1.807) is 20.8 Å². The van der Waals surface area contributed by atoms with Crippen molar-refractivity contribution in [2.75, 3.05) is 6.61 Å². The lowest BCUT2D eigenvalue weighted by Crippen LogP contribution is -2.62. The summed E-state index contributed by atoms with van der Waals surface area (Å²) in [6.45, 7) is 8.51. The summed E-state index contributed by atoms with van der Waals surface area (Å²) in [4.78, 5) is 37.1. The summed E-state index contributed by atoms with van der Waals surface area (Å²) in [5, 5.41) is 3.63. The Morgan fingerprint density at radius 2 is 1.59 bits per heavy atom. The molecule has 0 N–H and O–H groups in total. The normalized spacial score (nSPS) is 27.9. The Bertz CT molecular complexity index is 611. The van der Waals surface area contributed by atoms with Gasteiger partial charge in [0.05, 0.1) is 5.60 Å². The van der Waals surface area contributed by atoms with Gasteiger partial charge in [-0.2, -0.15) is 0 Å². The Labute approximate surface area is 156 Å². The van der Waals surface area contributed by atoms with Gasteiger partial charge in [0, 0.05) is 25.7 Å². The molecule has 0 amide bonds. The van der Waals surface area contributed by atoms with Crippen molar-refractivity contribution in [3.05, 3.63) is 10.4 Å². The molecule has 1 saturated heterocycles. The molecule has 1 aliphatic heterocycles. The van der Waals surface area contributed by atoms with Crippen molar-refractivity contribution in [1.82, 2.24) is 0 Å². The fourth-order valence-electron chi connectivity index (χ4n) is 2.51. The molecule has 11 heteroatoms. The number of carbonyl (C=O) groups excluding carboxylic acids is 3. The van der Waals surface area contributed by atoms with Crippen LogP contribution in [-0.4, -0.2) is 60.8 Å². The van der Waals surface area contributed by atoms with Crippen molar-refractivity contribution in [3.63, 3.8) is 0 Å². The molecular formula is C16H25N3O8. The third kappa shape index (κ3) is 7.41. The minimum absolute atomic E-state index is 0.280. The third-order valence-corrected chi connectivity index (χ3v) is 3.32. The number of azide groups is 1. The quantitative estimate of drug-likeness (QED) is 0.220. The Kier molecular flexibility index (Phi) is 8.01. The largest absolute Gasteiger partial charge is 0.463 e. The predicted octanol–water partition coefficient (Wildman–Crippen LogP) is 1.63. The number of hydrogen-bond acceptors (Lipinski definition) is 9. The van der Waals surface area contributed by atoms with Crippen molar-refractivity contribution >= 4 is 17.9 Å². The fourth-order valence-corrected chi connectivity index (χ4v) is 2.51. The van der Waals surface area contributed by atoms with Gasteiger partial charge in [0.15, 0.2) is 18.5 Å². The van der Waals surface area contributed by atoms with E-state index in [0.29, 0.717) is 0 Å². The van der Waals surface area contributed by atoms with E-state index in [0.717, 1.165) is 13.8 Å². The lowest BCUT2D eigenvalue weighted by Gasteiger charge is -2.44. The minimum atomic E-state index is -1.19. The first-order chi connectivity index (χ1) is 12.4. The highest BCUT2D eigenvalue weighted by atomic mass is 16.7. The van der Waals surface area contributed by atoms with Gasteiger partial charge in [0.2, 0.25) is 0 Å². The van der Waals surface area contributed by atoms with Gasteiger partial charge in [0.25, 0.3) is 0 Å². The number of nitrogens with zero attached hydrogens (tertiary/aromatic N) is 3. The third-order valence-electron chi connectivity index (χ3n) is 3.32. The molecule has 0 saturated carbocycles. The zero-order valence-electron chi connectivity index (χ0n) is 16.2. The van der Waals surface area contributed by atoms with Crippen LogP contribution in [0.15, 0.2) is 5.11 Å². The minimum Gasteiger partial charge on any atom is -0.463 e. The molecule has 0 bridgehead atoms. The molecule has 5 atom stereocenters. The molecule has 1 fully saturated rings. The first kappa shape index (κ1) is 22.7. The number of hydrogen-bond donors (Lipinski definition) is 0. The number of rotatable bonds is 6. The van der Waals surface area contributed by atoms with Crippen LogP contribution in [0.25, 0.3) is 10.4 Å². The van der Waals surface area contributed by atoms with Gasteiger partial charge >= 0.3 is 17.9 Å². The summed E-state index contributed by atoms with van der Waals surface area (Å²) in [6.07, 6.45) is -4.48. The van der Waals surface area contributed by atoms with E-state index in [-0.39, 0.29) is 6.61 Å². The second-order valence-corrected chi connectivity index (χ2v) is 6.92. The second kappa shape index (κ2) is 9.54. The van der Waals surface area contributed by atoms with E-state index in [9.17, 15) is 14.4 Å². The van der Waals surface area contributed by atoms with Crippen LogP contribution in [0, 0.1) is 0 Å². The van der Waals surface area contributed by atoms with E-state index in [4.69, 9.17) is 29.2 Å². The molecule has 0 aromatic heterocycles. The molecule has 1 heterocycles. The summed E-state index contributed by atoms with van der Waals surface area (Å²) in [5.74, 6) is -1.93. The van der Waals surface area contributed by atoms with Crippen molar-refractivity contribution in [1.29, 1.82) is 0 Å². The van der Waals surface area contributed by atoms with Crippen LogP contribution < -0.4 is 0 Å². The Hall–Kier alpha value is -2.36. The van der Waals surface area contributed by atoms with Gasteiger partial charge in [-0.1, -0.05) is 5.11 Å². The summed E-state index contributed by atoms with van der Waals surface area (Å²) >= 11 is 0. The molecule has 0 radical (unpaired) electrons. The summed E-state index contributed by atoms with van der Waals surface area (Å²) in [6, 6.07) is -1.13. The number of esters is 3. The van der Waals surface area contributed by atoms with Gasteiger partial charge in [-0.25, -0.2) is 0 Å². The monoisotopic (exact) mass is 387 g/mol. The average Bonchev–Trinajstić information content (AvgIpc) is 2.49. The smallest absolute Gasteiger partial charge is 0.303 e. The highest BCUT2D eigenvalue weighted by molar-refractivity contribution is 5.68.